The number of carbonyl (C=O) groups is 1. The molecule has 7 heteroatoms. The molecular formula is C20H23N5O2. The fourth-order valence-corrected chi connectivity index (χ4v) is 2.80. The molecule has 0 saturated carbocycles. The van der Waals surface area contributed by atoms with Crippen molar-refractivity contribution in [3.63, 3.8) is 0 Å². The van der Waals surface area contributed by atoms with Gasteiger partial charge in [0, 0.05) is 48.6 Å². The van der Waals surface area contributed by atoms with Crippen LogP contribution in [0, 0.1) is 0 Å². The molecule has 0 bridgehead atoms. The minimum Gasteiger partial charge on any atom is -0.480 e. The normalized spacial score (nSPS) is 10.9. The van der Waals surface area contributed by atoms with E-state index in [-0.39, 0.29) is 11.9 Å². The summed E-state index contributed by atoms with van der Waals surface area (Å²) in [6.07, 6.45) is 3.71. The van der Waals surface area contributed by atoms with Gasteiger partial charge in [0.15, 0.2) is 0 Å². The van der Waals surface area contributed by atoms with Crippen molar-refractivity contribution in [1.82, 2.24) is 24.9 Å². The number of hydrogen-bond donors (Lipinski definition) is 0. The Morgan fingerprint density at radius 3 is 2.63 bits per heavy atom. The van der Waals surface area contributed by atoms with E-state index in [0.29, 0.717) is 23.7 Å². The molecule has 2 heterocycles. The molecule has 0 aliphatic rings. The zero-order chi connectivity index (χ0) is 19.4. The average Bonchev–Trinajstić information content (AvgIpc) is 3.10. The van der Waals surface area contributed by atoms with E-state index in [1.54, 1.807) is 24.1 Å². The summed E-state index contributed by atoms with van der Waals surface area (Å²) < 4.78 is 6.78. The lowest BCUT2D eigenvalue weighted by Gasteiger charge is -2.26. The van der Waals surface area contributed by atoms with Crippen LogP contribution in [0.25, 0.3) is 11.3 Å². The highest BCUT2D eigenvalue weighted by atomic mass is 16.5. The van der Waals surface area contributed by atoms with Gasteiger partial charge in [-0.25, -0.2) is 0 Å². The van der Waals surface area contributed by atoms with Crippen molar-refractivity contribution in [1.29, 1.82) is 0 Å². The van der Waals surface area contributed by atoms with Crippen molar-refractivity contribution in [2.24, 2.45) is 7.05 Å². The molecule has 0 spiro atoms. The maximum atomic E-state index is 13.1. The van der Waals surface area contributed by atoms with Crippen molar-refractivity contribution < 1.29 is 9.53 Å². The predicted molar refractivity (Wildman–Crippen MR) is 102 cm³/mol. The number of nitrogens with zero attached hydrogens (tertiary/aromatic N) is 5. The molecule has 0 saturated heterocycles. The second-order valence-corrected chi connectivity index (χ2v) is 6.59. The molecule has 7 nitrogen and oxygen atoms in total. The van der Waals surface area contributed by atoms with Crippen molar-refractivity contribution in [3.8, 4) is 17.1 Å². The Bertz CT molecular complexity index is 918. The number of aryl methyl sites for hydroxylation is 1. The SMILES string of the molecule is COc1ccc(-c2cccc(C(=O)N(Cc3cnn(C)c3)C(C)C)c2)nn1. The summed E-state index contributed by atoms with van der Waals surface area (Å²) in [7, 11) is 3.41. The summed E-state index contributed by atoms with van der Waals surface area (Å²) >= 11 is 0. The zero-order valence-electron chi connectivity index (χ0n) is 16.0. The van der Waals surface area contributed by atoms with Crippen LogP contribution < -0.4 is 4.74 Å². The zero-order valence-corrected chi connectivity index (χ0v) is 16.0. The van der Waals surface area contributed by atoms with E-state index in [1.807, 2.05) is 62.3 Å². The number of carbonyl (C=O) groups excluding carboxylic acids is 1. The van der Waals surface area contributed by atoms with Gasteiger partial charge in [0.05, 0.1) is 19.0 Å². The number of amides is 1. The molecule has 0 aliphatic carbocycles. The Morgan fingerprint density at radius 2 is 2.04 bits per heavy atom. The van der Waals surface area contributed by atoms with Gasteiger partial charge in [0.1, 0.15) is 0 Å². The van der Waals surface area contributed by atoms with Crippen LogP contribution in [0.15, 0.2) is 48.8 Å². The van der Waals surface area contributed by atoms with Gasteiger partial charge in [-0.2, -0.15) is 5.10 Å². The smallest absolute Gasteiger partial charge is 0.254 e. The summed E-state index contributed by atoms with van der Waals surface area (Å²) in [5.74, 6) is 0.422. The molecule has 1 amide bonds. The number of benzene rings is 1. The van der Waals surface area contributed by atoms with Crippen molar-refractivity contribution in [3.05, 3.63) is 59.9 Å². The Hall–Kier alpha value is -3.22. The van der Waals surface area contributed by atoms with E-state index in [4.69, 9.17) is 4.74 Å². The van der Waals surface area contributed by atoms with Crippen LogP contribution in [0.2, 0.25) is 0 Å². The van der Waals surface area contributed by atoms with Crippen molar-refractivity contribution in [2.75, 3.05) is 7.11 Å². The minimum atomic E-state index is -0.0304. The molecular weight excluding hydrogens is 342 g/mol. The maximum Gasteiger partial charge on any atom is 0.254 e. The number of hydrogen-bond acceptors (Lipinski definition) is 5. The standard InChI is InChI=1S/C20H23N5O2/c1-14(2)25(13-15-11-21-24(3)12-15)20(26)17-7-5-6-16(10-17)18-8-9-19(27-4)23-22-18/h5-12,14H,13H2,1-4H3. The monoisotopic (exact) mass is 365 g/mol. The first-order valence-corrected chi connectivity index (χ1v) is 8.74. The van der Waals surface area contributed by atoms with Gasteiger partial charge >= 0.3 is 0 Å². The fourth-order valence-electron chi connectivity index (χ4n) is 2.80. The maximum absolute atomic E-state index is 13.1. The molecule has 0 N–H and O–H groups in total. The highest BCUT2D eigenvalue weighted by Crippen LogP contribution is 2.21. The third-order valence-corrected chi connectivity index (χ3v) is 4.25. The third kappa shape index (κ3) is 4.31. The summed E-state index contributed by atoms with van der Waals surface area (Å²) in [4.78, 5) is 15.0. The molecule has 0 fully saturated rings. The van der Waals surface area contributed by atoms with Crippen LogP contribution in [0.4, 0.5) is 0 Å². The van der Waals surface area contributed by atoms with E-state index in [2.05, 4.69) is 15.3 Å². The Kier molecular flexibility index (Phi) is 5.49. The third-order valence-electron chi connectivity index (χ3n) is 4.25. The minimum absolute atomic E-state index is 0.0304. The van der Waals surface area contributed by atoms with Crippen LogP contribution in [0.3, 0.4) is 0 Å². The first kappa shape index (κ1) is 18.6. The fraction of sp³-hybridized carbons (Fsp3) is 0.300. The van der Waals surface area contributed by atoms with Gasteiger partial charge in [-0.3, -0.25) is 9.48 Å². The molecule has 0 aliphatic heterocycles. The summed E-state index contributed by atoms with van der Waals surface area (Å²) in [5, 5.41) is 12.3. The highest BCUT2D eigenvalue weighted by Gasteiger charge is 2.20. The molecule has 1 aromatic carbocycles. The predicted octanol–water partition coefficient (Wildman–Crippen LogP) is 2.94. The lowest BCUT2D eigenvalue weighted by Crippen LogP contribution is -2.36. The van der Waals surface area contributed by atoms with Crippen LogP contribution in [0.5, 0.6) is 5.88 Å². The molecule has 27 heavy (non-hydrogen) atoms. The van der Waals surface area contributed by atoms with Gasteiger partial charge in [0.2, 0.25) is 5.88 Å². The first-order chi connectivity index (χ1) is 13.0. The van der Waals surface area contributed by atoms with Crippen LogP contribution in [0.1, 0.15) is 29.8 Å². The quantitative estimate of drug-likeness (QED) is 0.671. The first-order valence-electron chi connectivity index (χ1n) is 8.74. The largest absolute Gasteiger partial charge is 0.480 e. The van der Waals surface area contributed by atoms with Crippen LogP contribution >= 0.6 is 0 Å². The van der Waals surface area contributed by atoms with E-state index in [9.17, 15) is 4.79 Å². The van der Waals surface area contributed by atoms with E-state index in [1.165, 1.54) is 0 Å². The lowest BCUT2D eigenvalue weighted by atomic mass is 10.1. The van der Waals surface area contributed by atoms with Gasteiger partial charge in [-0.05, 0) is 32.0 Å². The average molecular weight is 365 g/mol. The van der Waals surface area contributed by atoms with Crippen molar-refractivity contribution >= 4 is 5.91 Å². The van der Waals surface area contributed by atoms with Gasteiger partial charge in [-0.15, -0.1) is 10.2 Å². The molecule has 0 radical (unpaired) electrons. The molecule has 0 unspecified atom stereocenters. The Balaban J connectivity index is 1.85. The van der Waals surface area contributed by atoms with E-state index >= 15 is 0 Å². The van der Waals surface area contributed by atoms with Crippen LogP contribution in [-0.4, -0.2) is 43.9 Å². The van der Waals surface area contributed by atoms with Gasteiger partial charge < -0.3 is 9.64 Å². The van der Waals surface area contributed by atoms with E-state index < -0.39 is 0 Å². The molecule has 0 atom stereocenters. The van der Waals surface area contributed by atoms with E-state index in [0.717, 1.165) is 11.1 Å². The molecule has 3 rings (SSSR count). The number of methoxy groups -OCH3 is 1. The molecule has 3 aromatic rings. The Labute approximate surface area is 158 Å². The number of aromatic nitrogens is 4. The molecule has 140 valence electrons. The lowest BCUT2D eigenvalue weighted by molar-refractivity contribution is 0.0690. The Morgan fingerprint density at radius 1 is 1.22 bits per heavy atom. The van der Waals surface area contributed by atoms with Crippen LogP contribution in [-0.2, 0) is 13.6 Å². The van der Waals surface area contributed by atoms with Crippen molar-refractivity contribution in [2.45, 2.75) is 26.4 Å². The topological polar surface area (TPSA) is 73.1 Å². The molecule has 2 aromatic heterocycles. The summed E-state index contributed by atoms with van der Waals surface area (Å²) in [6.45, 7) is 4.52. The second-order valence-electron chi connectivity index (χ2n) is 6.59. The highest BCUT2D eigenvalue weighted by molar-refractivity contribution is 5.95. The van der Waals surface area contributed by atoms with Gasteiger partial charge in [-0.1, -0.05) is 12.1 Å². The van der Waals surface area contributed by atoms with Gasteiger partial charge in [0.25, 0.3) is 5.91 Å². The second kappa shape index (κ2) is 7.99. The summed E-state index contributed by atoms with van der Waals surface area (Å²) in [5.41, 5.74) is 3.13. The number of rotatable bonds is 6. The number of ether oxygens (including phenoxy) is 1. The summed E-state index contributed by atoms with van der Waals surface area (Å²) in [6, 6.07) is 11.1.